The summed E-state index contributed by atoms with van der Waals surface area (Å²) in [6.45, 7) is 3.26. The van der Waals surface area contributed by atoms with Gasteiger partial charge < -0.3 is 5.73 Å². The first-order valence-electron chi connectivity index (χ1n) is 7.15. The number of halogens is 1. The third-order valence-electron chi connectivity index (χ3n) is 3.92. The number of benzene rings is 1. The van der Waals surface area contributed by atoms with Gasteiger partial charge in [0.1, 0.15) is 5.82 Å². The SMILES string of the molecule is CC(NS(=O)(=O)N1CCC(CN)CC1)c1cccc(F)c1. The van der Waals surface area contributed by atoms with E-state index in [4.69, 9.17) is 5.73 Å². The number of nitrogens with one attached hydrogen (secondary N) is 1. The van der Waals surface area contributed by atoms with Gasteiger partial charge in [-0.1, -0.05) is 12.1 Å². The third-order valence-corrected chi connectivity index (χ3v) is 5.62. The van der Waals surface area contributed by atoms with E-state index in [9.17, 15) is 12.8 Å². The minimum Gasteiger partial charge on any atom is -0.330 e. The minimum absolute atomic E-state index is 0.373. The van der Waals surface area contributed by atoms with Crippen LogP contribution in [-0.2, 0) is 10.2 Å². The van der Waals surface area contributed by atoms with Crippen molar-refractivity contribution in [2.45, 2.75) is 25.8 Å². The highest BCUT2D eigenvalue weighted by Crippen LogP contribution is 2.20. The van der Waals surface area contributed by atoms with Gasteiger partial charge in [-0.2, -0.15) is 17.4 Å². The summed E-state index contributed by atoms with van der Waals surface area (Å²) in [6, 6.07) is 5.48. The van der Waals surface area contributed by atoms with Crippen molar-refractivity contribution in [1.82, 2.24) is 9.03 Å². The van der Waals surface area contributed by atoms with Crippen molar-refractivity contribution < 1.29 is 12.8 Å². The highest BCUT2D eigenvalue weighted by atomic mass is 32.2. The second-order valence-electron chi connectivity index (χ2n) is 5.48. The lowest BCUT2D eigenvalue weighted by molar-refractivity contribution is 0.274. The molecule has 1 unspecified atom stereocenters. The molecule has 0 radical (unpaired) electrons. The molecule has 0 bridgehead atoms. The minimum atomic E-state index is -3.56. The fourth-order valence-electron chi connectivity index (χ4n) is 2.53. The van der Waals surface area contributed by atoms with Gasteiger partial charge in [0.05, 0.1) is 0 Å². The fourth-order valence-corrected chi connectivity index (χ4v) is 3.95. The van der Waals surface area contributed by atoms with Crippen LogP contribution in [0.25, 0.3) is 0 Å². The molecule has 0 saturated carbocycles. The van der Waals surface area contributed by atoms with E-state index in [1.54, 1.807) is 19.1 Å². The Morgan fingerprint density at radius 1 is 1.43 bits per heavy atom. The monoisotopic (exact) mass is 315 g/mol. The van der Waals surface area contributed by atoms with E-state index < -0.39 is 16.3 Å². The fraction of sp³-hybridized carbons (Fsp3) is 0.571. The van der Waals surface area contributed by atoms with Gasteiger partial charge in [0.2, 0.25) is 0 Å². The standard InChI is InChI=1S/C14H22FN3O2S/c1-11(13-3-2-4-14(15)9-13)17-21(19,20)18-7-5-12(10-16)6-8-18/h2-4,9,11-12,17H,5-8,10,16H2,1H3. The molecule has 118 valence electrons. The van der Waals surface area contributed by atoms with E-state index in [1.165, 1.54) is 16.4 Å². The average molecular weight is 315 g/mol. The molecule has 0 amide bonds. The Balaban J connectivity index is 2.01. The van der Waals surface area contributed by atoms with Gasteiger partial charge in [-0.3, -0.25) is 0 Å². The first-order chi connectivity index (χ1) is 9.92. The average Bonchev–Trinajstić information content (AvgIpc) is 2.47. The van der Waals surface area contributed by atoms with Crippen LogP contribution in [0.1, 0.15) is 31.4 Å². The zero-order valence-corrected chi connectivity index (χ0v) is 12.9. The summed E-state index contributed by atoms with van der Waals surface area (Å²) in [5.41, 5.74) is 6.22. The maximum Gasteiger partial charge on any atom is 0.279 e. The van der Waals surface area contributed by atoms with Crippen LogP contribution in [0.4, 0.5) is 4.39 Å². The Bertz CT molecular complexity index is 571. The van der Waals surface area contributed by atoms with Crippen LogP contribution < -0.4 is 10.5 Å². The van der Waals surface area contributed by atoms with Crippen molar-refractivity contribution in [2.24, 2.45) is 11.7 Å². The van der Waals surface area contributed by atoms with Crippen LogP contribution in [0.5, 0.6) is 0 Å². The summed E-state index contributed by atoms with van der Waals surface area (Å²) in [6.07, 6.45) is 1.57. The van der Waals surface area contributed by atoms with Gasteiger partial charge in [0.15, 0.2) is 0 Å². The molecule has 0 spiro atoms. The highest BCUT2D eigenvalue weighted by molar-refractivity contribution is 7.87. The number of rotatable bonds is 5. The first kappa shape index (κ1) is 16.4. The second kappa shape index (κ2) is 6.83. The van der Waals surface area contributed by atoms with Crippen LogP contribution in [-0.4, -0.2) is 32.4 Å². The first-order valence-corrected chi connectivity index (χ1v) is 8.59. The van der Waals surface area contributed by atoms with Gasteiger partial charge in [-0.15, -0.1) is 0 Å². The Labute approximate surface area is 125 Å². The number of hydrogen-bond donors (Lipinski definition) is 2. The molecule has 1 aliphatic rings. The molecule has 1 aromatic rings. The van der Waals surface area contributed by atoms with E-state index in [2.05, 4.69) is 4.72 Å². The Morgan fingerprint density at radius 2 is 2.10 bits per heavy atom. The molecule has 1 saturated heterocycles. The van der Waals surface area contributed by atoms with Crippen LogP contribution in [0.3, 0.4) is 0 Å². The van der Waals surface area contributed by atoms with Crippen molar-refractivity contribution in [1.29, 1.82) is 0 Å². The smallest absolute Gasteiger partial charge is 0.279 e. The van der Waals surface area contributed by atoms with Crippen molar-refractivity contribution >= 4 is 10.2 Å². The molecule has 0 aliphatic carbocycles. The topological polar surface area (TPSA) is 75.4 Å². The molecule has 7 heteroatoms. The normalized spacial score (nSPS) is 19.6. The van der Waals surface area contributed by atoms with Gasteiger partial charge in [-0.05, 0) is 49.9 Å². The quantitative estimate of drug-likeness (QED) is 0.862. The number of nitrogens with zero attached hydrogens (tertiary/aromatic N) is 1. The number of nitrogens with two attached hydrogens (primary N) is 1. The summed E-state index contributed by atoms with van der Waals surface area (Å²) in [5.74, 6) is 0.0272. The zero-order chi connectivity index (χ0) is 15.5. The zero-order valence-electron chi connectivity index (χ0n) is 12.1. The van der Waals surface area contributed by atoms with E-state index in [0.29, 0.717) is 31.1 Å². The molecule has 1 fully saturated rings. The molecule has 0 aromatic heterocycles. The van der Waals surface area contributed by atoms with Crippen LogP contribution in [0, 0.1) is 11.7 Å². The van der Waals surface area contributed by atoms with Gasteiger partial charge >= 0.3 is 0 Å². The largest absolute Gasteiger partial charge is 0.330 e. The summed E-state index contributed by atoms with van der Waals surface area (Å²) >= 11 is 0. The molecule has 1 atom stereocenters. The van der Waals surface area contributed by atoms with E-state index in [-0.39, 0.29) is 5.82 Å². The molecule has 2 rings (SSSR count). The van der Waals surface area contributed by atoms with Crippen molar-refractivity contribution in [2.75, 3.05) is 19.6 Å². The van der Waals surface area contributed by atoms with Crippen LogP contribution in [0.15, 0.2) is 24.3 Å². The molecule has 21 heavy (non-hydrogen) atoms. The van der Waals surface area contributed by atoms with Crippen LogP contribution >= 0.6 is 0 Å². The second-order valence-corrected chi connectivity index (χ2v) is 7.18. The summed E-state index contributed by atoms with van der Waals surface area (Å²) in [5, 5.41) is 0. The molecular weight excluding hydrogens is 293 g/mol. The molecule has 1 aromatic carbocycles. The van der Waals surface area contributed by atoms with Crippen molar-refractivity contribution in [3.05, 3.63) is 35.6 Å². The van der Waals surface area contributed by atoms with E-state index >= 15 is 0 Å². The van der Waals surface area contributed by atoms with E-state index in [1.807, 2.05) is 0 Å². The predicted molar refractivity (Wildman–Crippen MR) is 80.2 cm³/mol. The maximum absolute atomic E-state index is 13.2. The van der Waals surface area contributed by atoms with Crippen LogP contribution in [0.2, 0.25) is 0 Å². The van der Waals surface area contributed by atoms with E-state index in [0.717, 1.165) is 12.8 Å². The van der Waals surface area contributed by atoms with Crippen molar-refractivity contribution in [3.8, 4) is 0 Å². The molecule has 3 N–H and O–H groups in total. The number of hydrogen-bond acceptors (Lipinski definition) is 3. The molecular formula is C14H22FN3O2S. The Hall–Kier alpha value is -1.02. The van der Waals surface area contributed by atoms with Crippen molar-refractivity contribution in [3.63, 3.8) is 0 Å². The summed E-state index contributed by atoms with van der Waals surface area (Å²) in [4.78, 5) is 0. The predicted octanol–water partition coefficient (Wildman–Crippen LogP) is 1.39. The summed E-state index contributed by atoms with van der Waals surface area (Å²) < 4.78 is 41.9. The maximum atomic E-state index is 13.2. The lowest BCUT2D eigenvalue weighted by Gasteiger charge is -2.31. The Kier molecular flexibility index (Phi) is 5.32. The molecule has 5 nitrogen and oxygen atoms in total. The van der Waals surface area contributed by atoms with Gasteiger partial charge in [-0.25, -0.2) is 4.39 Å². The Morgan fingerprint density at radius 3 is 2.67 bits per heavy atom. The molecule has 1 aliphatic heterocycles. The highest BCUT2D eigenvalue weighted by Gasteiger charge is 2.28. The van der Waals surface area contributed by atoms with Gasteiger partial charge in [0, 0.05) is 19.1 Å². The third kappa shape index (κ3) is 4.23. The number of piperidine rings is 1. The van der Waals surface area contributed by atoms with Gasteiger partial charge in [0.25, 0.3) is 10.2 Å². The molecule has 1 heterocycles. The lowest BCUT2D eigenvalue weighted by atomic mass is 9.99. The summed E-state index contributed by atoms with van der Waals surface area (Å²) in [7, 11) is -3.56. The lowest BCUT2D eigenvalue weighted by Crippen LogP contribution is -2.46.